The number of amides is 1. The summed E-state index contributed by atoms with van der Waals surface area (Å²) in [5.74, 6) is 1.63. The van der Waals surface area contributed by atoms with Crippen LogP contribution in [0.2, 0.25) is 0 Å². The smallest absolute Gasteiger partial charge is 0.227 e. The van der Waals surface area contributed by atoms with Crippen LogP contribution in [0.4, 0.5) is 0 Å². The summed E-state index contributed by atoms with van der Waals surface area (Å²) < 4.78 is 0. The van der Waals surface area contributed by atoms with Crippen LogP contribution in [0.15, 0.2) is 0 Å². The lowest BCUT2D eigenvalue weighted by Gasteiger charge is -2.56. The first-order valence-corrected chi connectivity index (χ1v) is 7.89. The first kappa shape index (κ1) is 11.3. The van der Waals surface area contributed by atoms with E-state index < -0.39 is 0 Å². The van der Waals surface area contributed by atoms with Crippen molar-refractivity contribution in [2.24, 2.45) is 11.8 Å². The molecule has 4 rings (SSSR count). The second-order valence-electron chi connectivity index (χ2n) is 6.76. The molecule has 0 spiro atoms. The molecule has 4 saturated heterocycles. The van der Waals surface area contributed by atoms with Gasteiger partial charge in [-0.3, -0.25) is 9.69 Å². The van der Waals surface area contributed by atoms with Gasteiger partial charge in [-0.25, -0.2) is 0 Å². The minimum absolute atomic E-state index is 0.346. The van der Waals surface area contributed by atoms with Crippen molar-refractivity contribution in [3.05, 3.63) is 0 Å². The highest BCUT2D eigenvalue weighted by Gasteiger charge is 2.50. The minimum atomic E-state index is 0.346. The molecule has 0 radical (unpaired) electrons. The van der Waals surface area contributed by atoms with Crippen LogP contribution in [0.25, 0.3) is 0 Å². The second kappa shape index (κ2) is 4.22. The average Bonchev–Trinajstić information content (AvgIpc) is 2.44. The molecule has 3 unspecified atom stereocenters. The summed E-state index contributed by atoms with van der Waals surface area (Å²) in [6.07, 6.45) is 8.97. The van der Waals surface area contributed by atoms with Gasteiger partial charge in [0, 0.05) is 25.2 Å². The van der Waals surface area contributed by atoms with E-state index in [-0.39, 0.29) is 0 Å². The van der Waals surface area contributed by atoms with E-state index in [9.17, 15) is 4.79 Å². The highest BCUT2D eigenvalue weighted by Crippen LogP contribution is 2.43. The first-order chi connectivity index (χ1) is 8.84. The Morgan fingerprint density at radius 1 is 0.944 bits per heavy atom. The molecule has 0 aromatic rings. The number of hydrogen-bond donors (Lipinski definition) is 0. The van der Waals surface area contributed by atoms with Gasteiger partial charge in [-0.1, -0.05) is 6.42 Å². The summed E-state index contributed by atoms with van der Waals surface area (Å²) in [6, 6.07) is 1.18. The predicted molar refractivity (Wildman–Crippen MR) is 70.2 cm³/mol. The lowest BCUT2D eigenvalue weighted by atomic mass is 9.70. The molecule has 4 fully saturated rings. The molecule has 100 valence electrons. The van der Waals surface area contributed by atoms with Crippen LogP contribution >= 0.6 is 0 Å². The number of hydrogen-bond acceptors (Lipinski definition) is 2. The van der Waals surface area contributed by atoms with Gasteiger partial charge in [0.25, 0.3) is 0 Å². The van der Waals surface area contributed by atoms with Crippen LogP contribution in [0.1, 0.15) is 44.9 Å². The van der Waals surface area contributed by atoms with Crippen molar-refractivity contribution >= 4 is 5.91 Å². The molecule has 2 bridgehead atoms. The van der Waals surface area contributed by atoms with E-state index in [2.05, 4.69) is 9.80 Å². The summed E-state index contributed by atoms with van der Waals surface area (Å²) in [5, 5.41) is 0. The molecule has 4 heterocycles. The van der Waals surface area contributed by atoms with Crippen molar-refractivity contribution in [3.8, 4) is 0 Å². The fraction of sp³-hybridized carbons (Fsp3) is 0.933. The molecule has 4 aliphatic heterocycles. The molecular weight excluding hydrogens is 224 g/mol. The third-order valence-electron chi connectivity index (χ3n) is 5.85. The molecule has 0 aromatic heterocycles. The van der Waals surface area contributed by atoms with Gasteiger partial charge in [0.15, 0.2) is 0 Å². The van der Waals surface area contributed by atoms with Crippen LogP contribution < -0.4 is 0 Å². The molecule has 4 aliphatic rings. The number of nitrogens with zero attached hydrogens (tertiary/aromatic N) is 2. The molecule has 18 heavy (non-hydrogen) atoms. The highest BCUT2D eigenvalue weighted by atomic mass is 16.2. The zero-order valence-electron chi connectivity index (χ0n) is 11.2. The van der Waals surface area contributed by atoms with Crippen LogP contribution in [0.3, 0.4) is 0 Å². The Morgan fingerprint density at radius 2 is 1.72 bits per heavy atom. The lowest BCUT2D eigenvalue weighted by Crippen LogP contribution is -2.65. The SMILES string of the molecule is O=C1[C@@H]2CC(CN3CCCCC23)C2CCCCN12. The first-order valence-electron chi connectivity index (χ1n) is 7.89. The molecular formula is C15H24N2O. The van der Waals surface area contributed by atoms with Crippen LogP contribution in [-0.4, -0.2) is 47.4 Å². The fourth-order valence-corrected chi connectivity index (χ4v) is 5.04. The van der Waals surface area contributed by atoms with Gasteiger partial charge in [-0.2, -0.15) is 0 Å². The van der Waals surface area contributed by atoms with Crippen LogP contribution in [0.5, 0.6) is 0 Å². The van der Waals surface area contributed by atoms with E-state index >= 15 is 0 Å². The number of rotatable bonds is 0. The van der Waals surface area contributed by atoms with E-state index in [4.69, 9.17) is 0 Å². The Morgan fingerprint density at radius 3 is 2.61 bits per heavy atom. The summed E-state index contributed by atoms with van der Waals surface area (Å²) in [6.45, 7) is 3.57. The van der Waals surface area contributed by atoms with Crippen molar-refractivity contribution in [1.82, 2.24) is 9.80 Å². The third kappa shape index (κ3) is 1.56. The number of fused-ring (bicyclic) bond motifs is 6. The second-order valence-corrected chi connectivity index (χ2v) is 6.76. The van der Waals surface area contributed by atoms with Crippen molar-refractivity contribution in [1.29, 1.82) is 0 Å². The topological polar surface area (TPSA) is 23.6 Å². The van der Waals surface area contributed by atoms with E-state index in [0.29, 0.717) is 23.9 Å². The van der Waals surface area contributed by atoms with Crippen LogP contribution in [0, 0.1) is 11.8 Å². The van der Waals surface area contributed by atoms with Gasteiger partial charge >= 0.3 is 0 Å². The Hall–Kier alpha value is -0.570. The van der Waals surface area contributed by atoms with Gasteiger partial charge in [0.1, 0.15) is 0 Å². The minimum Gasteiger partial charge on any atom is -0.339 e. The van der Waals surface area contributed by atoms with E-state index in [1.807, 2.05) is 0 Å². The van der Waals surface area contributed by atoms with Gasteiger partial charge < -0.3 is 4.90 Å². The molecule has 1 amide bonds. The molecule has 0 saturated carbocycles. The largest absolute Gasteiger partial charge is 0.339 e. The highest BCUT2D eigenvalue weighted by molar-refractivity contribution is 5.81. The summed E-state index contributed by atoms with van der Waals surface area (Å²) in [5.41, 5.74) is 0. The Bertz CT molecular complexity index is 354. The molecule has 3 heteroatoms. The van der Waals surface area contributed by atoms with Crippen molar-refractivity contribution in [2.45, 2.75) is 57.0 Å². The Balaban J connectivity index is 1.63. The molecule has 0 N–H and O–H groups in total. The monoisotopic (exact) mass is 248 g/mol. The number of piperidine rings is 4. The number of carbonyl (C=O) groups is 1. The average molecular weight is 248 g/mol. The van der Waals surface area contributed by atoms with Crippen molar-refractivity contribution in [3.63, 3.8) is 0 Å². The molecule has 4 atom stereocenters. The normalized spacial score (nSPS) is 44.4. The maximum absolute atomic E-state index is 12.7. The quantitative estimate of drug-likeness (QED) is 0.653. The predicted octanol–water partition coefficient (Wildman–Crippen LogP) is 1.87. The Labute approximate surface area is 110 Å². The molecule has 3 nitrogen and oxygen atoms in total. The van der Waals surface area contributed by atoms with Gasteiger partial charge in [-0.15, -0.1) is 0 Å². The lowest BCUT2D eigenvalue weighted by molar-refractivity contribution is -0.158. The van der Waals surface area contributed by atoms with Crippen molar-refractivity contribution < 1.29 is 4.79 Å². The zero-order valence-corrected chi connectivity index (χ0v) is 11.2. The van der Waals surface area contributed by atoms with Gasteiger partial charge in [0.2, 0.25) is 5.91 Å². The van der Waals surface area contributed by atoms with Gasteiger partial charge in [0.05, 0.1) is 5.92 Å². The number of carbonyl (C=O) groups excluding carboxylic acids is 1. The molecule has 0 aliphatic carbocycles. The van der Waals surface area contributed by atoms with Crippen molar-refractivity contribution in [2.75, 3.05) is 19.6 Å². The van der Waals surface area contributed by atoms with E-state index in [1.165, 1.54) is 58.0 Å². The summed E-state index contributed by atoms with van der Waals surface area (Å²) in [7, 11) is 0. The van der Waals surface area contributed by atoms with E-state index in [1.54, 1.807) is 0 Å². The van der Waals surface area contributed by atoms with Crippen LogP contribution in [-0.2, 0) is 4.79 Å². The maximum Gasteiger partial charge on any atom is 0.227 e. The fourth-order valence-electron chi connectivity index (χ4n) is 5.04. The Kier molecular flexibility index (Phi) is 2.65. The van der Waals surface area contributed by atoms with Gasteiger partial charge in [-0.05, 0) is 51.0 Å². The standard InChI is InChI=1S/C15H24N2O/c18-15-12-9-11(13-5-2-4-8-17(13)15)10-16-7-3-1-6-14(12)16/h11-14H,1-10H2/t11?,12-,13?,14?/m1/s1. The van der Waals surface area contributed by atoms with E-state index in [0.717, 1.165) is 12.5 Å². The molecule has 0 aromatic carbocycles. The third-order valence-corrected chi connectivity index (χ3v) is 5.85. The summed E-state index contributed by atoms with van der Waals surface area (Å²) >= 11 is 0. The summed E-state index contributed by atoms with van der Waals surface area (Å²) in [4.78, 5) is 17.7. The maximum atomic E-state index is 12.7. The zero-order chi connectivity index (χ0) is 12.1.